The summed E-state index contributed by atoms with van der Waals surface area (Å²) in [6, 6.07) is 1.19. The van der Waals surface area contributed by atoms with Crippen molar-refractivity contribution in [2.45, 2.75) is 158 Å². The van der Waals surface area contributed by atoms with Crippen LogP contribution in [0.15, 0.2) is 63.5 Å². The number of nitrogens with one attached hydrogen (secondary N) is 9. The van der Waals surface area contributed by atoms with Crippen LogP contribution in [0.4, 0.5) is 57.5 Å². The van der Waals surface area contributed by atoms with Crippen LogP contribution in [-0.4, -0.2) is 225 Å². The van der Waals surface area contributed by atoms with E-state index in [9.17, 15) is 106 Å². The molecule has 2 aromatic carbocycles. The molecule has 0 aromatic heterocycles. The number of primary amides is 1. The third kappa shape index (κ3) is 47.3. The van der Waals surface area contributed by atoms with Crippen LogP contribution in [-0.2, 0) is 70.4 Å². The van der Waals surface area contributed by atoms with Gasteiger partial charge in [0.15, 0.2) is 17.9 Å². The number of amides is 10. The number of guanidine groups is 3. The molecule has 1 aliphatic rings. The molecule has 0 saturated heterocycles. The van der Waals surface area contributed by atoms with Gasteiger partial charge in [-0.05, 0) is 99.1 Å². The zero-order valence-corrected chi connectivity index (χ0v) is 57.7. The maximum absolute atomic E-state index is 14.7. The number of urea groups is 1. The Kier molecular flexibility index (Phi) is 44.6. The molecular formula is C59H85F12N19O19. The number of benzene rings is 2. The average molecular weight is 1590 g/mol. The van der Waals surface area contributed by atoms with Crippen molar-refractivity contribution in [3.63, 3.8) is 0 Å². The molecule has 1 heterocycles. The molecule has 0 unspecified atom stereocenters. The number of nitrogens with zero attached hydrogens (tertiary/aromatic N) is 3. The van der Waals surface area contributed by atoms with Crippen molar-refractivity contribution in [2.75, 3.05) is 32.7 Å². The van der Waals surface area contributed by atoms with Gasteiger partial charge in [0.25, 0.3) is 0 Å². The number of alkyl halides is 12. The standard InChI is InChI=1S/C51H81N19O11.4C2HF3O2/c1-28(2)24-38(46(79)65-35(9-6-22-61-49(56)57)43(76)67-37(41(53)74)25-29-11-15-31(71)16-12-29)68-45(78)36-10-7-23-62-50(58)70-51(81)63-20-4-3-19-59-40(73)27-33(52)42(75)64-34(8-5-21-60-48(54)55)44(77)69-39(47(80)66-36)26-30-13-17-32(72)18-14-30;4*3-2(4,5)1(6)7/h11-18,28,33-39,71-72H,3-10,19-27,52H2,1-2H3,(H2,53,74)(H,59,73)(H,64,75)(H,65,79)(H,66,80)(H,67,76)(H,68,78)(H,69,77)(H4,54,55,60)(H4,56,57,61)(H4,58,62,63,70,81);4*(H,6,7)/t33-,34-,35-,36-,37-,38-,39-;;;;/m0..../s1. The lowest BCUT2D eigenvalue weighted by Crippen LogP contribution is -2.60. The summed E-state index contributed by atoms with van der Waals surface area (Å²) in [7, 11) is 0. The first-order valence-corrected chi connectivity index (χ1v) is 31.5. The lowest BCUT2D eigenvalue weighted by molar-refractivity contribution is -0.193. The number of aliphatic imine (C=N–C) groups is 3. The summed E-state index contributed by atoms with van der Waals surface area (Å²) in [6.45, 7) is 3.94. The van der Waals surface area contributed by atoms with Crippen molar-refractivity contribution in [3.8, 4) is 11.5 Å². The number of halogens is 12. The van der Waals surface area contributed by atoms with Crippen LogP contribution in [0.2, 0.25) is 0 Å². The van der Waals surface area contributed by atoms with Crippen LogP contribution < -0.4 is 88.0 Å². The first-order chi connectivity index (χ1) is 50.2. The van der Waals surface area contributed by atoms with E-state index in [1.807, 2.05) is 0 Å². The van der Waals surface area contributed by atoms with Crippen LogP contribution in [0.25, 0.3) is 0 Å². The van der Waals surface area contributed by atoms with Gasteiger partial charge in [0.1, 0.15) is 47.8 Å². The van der Waals surface area contributed by atoms with E-state index < -0.39 is 151 Å². The number of carboxylic acid groups (broad SMARTS) is 4. The Labute approximate surface area is 610 Å². The van der Waals surface area contributed by atoms with E-state index in [0.29, 0.717) is 24.0 Å². The highest BCUT2D eigenvalue weighted by Crippen LogP contribution is 2.18. The molecule has 0 radical (unpaired) electrons. The molecule has 2 aromatic rings. The molecule has 0 saturated carbocycles. The number of carboxylic acids is 4. The molecule has 3 rings (SSSR count). The van der Waals surface area contributed by atoms with Crippen LogP contribution in [0, 0.1) is 5.92 Å². The number of phenols is 2. The lowest BCUT2D eigenvalue weighted by atomic mass is 10.00. The Morgan fingerprint density at radius 3 is 1.44 bits per heavy atom. The van der Waals surface area contributed by atoms with Gasteiger partial charge in [0.05, 0.1) is 12.5 Å². The van der Waals surface area contributed by atoms with Crippen LogP contribution >= 0.6 is 0 Å². The van der Waals surface area contributed by atoms with E-state index >= 15 is 0 Å². The molecule has 109 heavy (non-hydrogen) atoms. The fraction of sp³-hybridized carbons (Fsp3) is 0.525. The predicted octanol–water partition coefficient (Wildman–Crippen LogP) is -2.01. The fourth-order valence-electron chi connectivity index (χ4n) is 8.06. The first-order valence-electron chi connectivity index (χ1n) is 31.5. The predicted molar refractivity (Wildman–Crippen MR) is 356 cm³/mol. The van der Waals surface area contributed by atoms with Crippen LogP contribution in [0.1, 0.15) is 89.2 Å². The minimum absolute atomic E-state index is 0.00403. The quantitative estimate of drug-likeness (QED) is 0.0278. The first kappa shape index (κ1) is 99.1. The molecular weight excluding hydrogens is 1510 g/mol. The van der Waals surface area contributed by atoms with Crippen molar-refractivity contribution in [2.24, 2.45) is 61.0 Å². The molecule has 50 heteroatoms. The smallest absolute Gasteiger partial charge is 0.490 e. The number of hydrogen-bond donors (Lipinski definition) is 22. The van der Waals surface area contributed by atoms with E-state index in [2.05, 4.69) is 62.8 Å². The van der Waals surface area contributed by atoms with Gasteiger partial charge in [-0.15, -0.1) is 0 Å². The average Bonchev–Trinajstić information content (AvgIpc) is 0.875. The number of aliphatic carboxylic acids is 4. The summed E-state index contributed by atoms with van der Waals surface area (Å²) in [5.74, 6) is -18.7. The second kappa shape index (κ2) is 49.0. The van der Waals surface area contributed by atoms with E-state index in [0.717, 1.165) is 0 Å². The number of carbonyl (C=O) groups excluding carboxylic acids is 9. The highest BCUT2D eigenvalue weighted by molar-refractivity contribution is 5.98. The second-order valence-electron chi connectivity index (χ2n) is 22.9. The van der Waals surface area contributed by atoms with Crippen molar-refractivity contribution >= 4 is 95.0 Å². The van der Waals surface area contributed by atoms with E-state index in [1.165, 1.54) is 36.4 Å². The molecule has 10 amide bonds. The maximum Gasteiger partial charge on any atom is 0.490 e. The molecule has 29 N–H and O–H groups in total. The monoisotopic (exact) mass is 1590 g/mol. The summed E-state index contributed by atoms with van der Waals surface area (Å²) in [6.07, 6.45) is -20.2. The Morgan fingerprint density at radius 2 is 0.991 bits per heavy atom. The van der Waals surface area contributed by atoms with Crippen LogP contribution in [0.5, 0.6) is 11.5 Å². The number of phenolic OH excluding ortho intramolecular Hbond substituents is 2. The number of aromatic hydroxyl groups is 2. The van der Waals surface area contributed by atoms with E-state index in [1.54, 1.807) is 26.0 Å². The van der Waals surface area contributed by atoms with Gasteiger partial charge in [0, 0.05) is 45.6 Å². The summed E-state index contributed by atoms with van der Waals surface area (Å²) < 4.78 is 127. The number of hydrogen-bond acceptors (Lipinski definition) is 20. The SMILES string of the molecule is CC(C)C[C@H](NC(=O)[C@@H]1CCCN=C(N)NC(=O)NCCCCNC(=O)C[C@H](N)C(=O)N[C@@H](CCCN=C(N)N)C(=O)N[C@@H](Cc2ccc(O)cc2)C(=O)N1)C(=O)N[C@@H](CCCN=C(N)N)C(=O)N[C@@H](Cc1ccc(O)cc1)C(N)=O.O=C(O)C(F)(F)F.O=C(O)C(F)(F)F.O=C(O)C(F)(F)F.O=C(O)C(F)(F)F. The Hall–Kier alpha value is -11.9. The summed E-state index contributed by atoms with van der Waals surface area (Å²) >= 11 is 0. The van der Waals surface area contributed by atoms with Gasteiger partial charge >= 0.3 is 54.6 Å². The molecule has 1 aliphatic heterocycles. The normalized spacial score (nSPS) is 17.4. The number of nitrogens with two attached hydrogens (primary N) is 7. The third-order valence-electron chi connectivity index (χ3n) is 13.3. The lowest BCUT2D eigenvalue weighted by Gasteiger charge is -2.28. The minimum Gasteiger partial charge on any atom is -0.508 e. The van der Waals surface area contributed by atoms with Gasteiger partial charge in [-0.3, -0.25) is 58.7 Å². The summed E-state index contributed by atoms with van der Waals surface area (Å²) in [4.78, 5) is 171. The topological polar surface area (TPSA) is 671 Å². The van der Waals surface area contributed by atoms with Crippen molar-refractivity contribution in [3.05, 3.63) is 59.7 Å². The third-order valence-corrected chi connectivity index (χ3v) is 13.3. The highest BCUT2D eigenvalue weighted by atomic mass is 19.4. The largest absolute Gasteiger partial charge is 0.508 e. The Balaban J connectivity index is 0. The molecule has 7 atom stereocenters. The van der Waals surface area contributed by atoms with Gasteiger partial charge in [-0.25, -0.2) is 24.0 Å². The highest BCUT2D eigenvalue weighted by Gasteiger charge is 2.41. The van der Waals surface area contributed by atoms with Crippen LogP contribution in [0.3, 0.4) is 0 Å². The van der Waals surface area contributed by atoms with E-state index in [4.69, 9.17) is 79.7 Å². The molecule has 38 nitrogen and oxygen atoms in total. The zero-order chi connectivity index (χ0) is 84.3. The number of carbonyl (C=O) groups is 13. The van der Waals surface area contributed by atoms with Crippen molar-refractivity contribution < 1.29 is 146 Å². The zero-order valence-electron chi connectivity index (χ0n) is 57.7. The Morgan fingerprint density at radius 1 is 0.569 bits per heavy atom. The molecule has 0 fully saturated rings. The molecule has 0 aliphatic carbocycles. The summed E-state index contributed by atoms with van der Waals surface area (Å²) in [5, 5.41) is 71.9. The Bertz CT molecular complexity index is 3320. The molecule has 0 spiro atoms. The molecule has 0 bridgehead atoms. The number of rotatable bonds is 21. The minimum atomic E-state index is -5.08. The second-order valence-corrected chi connectivity index (χ2v) is 22.9. The van der Waals surface area contributed by atoms with Gasteiger partial charge in [-0.2, -0.15) is 52.7 Å². The van der Waals surface area contributed by atoms with Crippen molar-refractivity contribution in [1.29, 1.82) is 0 Å². The van der Waals surface area contributed by atoms with E-state index in [-0.39, 0.29) is 126 Å². The van der Waals surface area contributed by atoms with Crippen molar-refractivity contribution in [1.82, 2.24) is 47.9 Å². The fourth-order valence-corrected chi connectivity index (χ4v) is 8.06. The maximum atomic E-state index is 14.7. The van der Waals surface area contributed by atoms with Gasteiger partial charge in [-0.1, -0.05) is 38.1 Å². The van der Waals surface area contributed by atoms with Gasteiger partial charge in [0.2, 0.25) is 47.3 Å². The summed E-state index contributed by atoms with van der Waals surface area (Å²) in [5.41, 5.74) is 40.9. The molecule has 614 valence electrons. The van der Waals surface area contributed by atoms with Gasteiger partial charge < -0.3 is 113 Å².